The van der Waals surface area contributed by atoms with Crippen LogP contribution in [0.15, 0.2) is 34.9 Å². The minimum Gasteiger partial charge on any atom is -0.496 e. The van der Waals surface area contributed by atoms with Crippen LogP contribution in [0.3, 0.4) is 0 Å². The number of benzene rings is 1. The van der Waals surface area contributed by atoms with Crippen LogP contribution in [0.25, 0.3) is 27.7 Å². The first-order valence-corrected chi connectivity index (χ1v) is 13.2. The Morgan fingerprint density at radius 2 is 1.69 bits per heavy atom. The molecular formula is C28H29IN4O6. The summed E-state index contributed by atoms with van der Waals surface area (Å²) in [6, 6.07) is 9.27. The predicted molar refractivity (Wildman–Crippen MR) is 155 cm³/mol. The summed E-state index contributed by atoms with van der Waals surface area (Å²) in [6.07, 6.45) is -0.512. The Bertz CT molecular complexity index is 1620. The molecule has 3 heterocycles. The first-order chi connectivity index (χ1) is 18.2. The quantitative estimate of drug-likeness (QED) is 0.169. The Hall–Kier alpha value is -3.79. The number of methoxy groups -OCH3 is 1. The molecule has 0 aliphatic heterocycles. The highest BCUT2D eigenvalue weighted by molar-refractivity contribution is 14.1. The van der Waals surface area contributed by atoms with E-state index in [9.17, 15) is 14.9 Å². The average molecular weight is 644 g/mol. The number of aromatic nitrogens is 2. The third-order valence-electron chi connectivity index (χ3n) is 5.62. The Balaban J connectivity index is 2.23. The van der Waals surface area contributed by atoms with Crippen LogP contribution in [0.1, 0.15) is 52.7 Å². The molecule has 0 atom stereocenters. The summed E-state index contributed by atoms with van der Waals surface area (Å²) in [6.45, 7) is 11.9. The number of carbonyl (C=O) groups excluding carboxylic acids is 2. The molecule has 2 amide bonds. The summed E-state index contributed by atoms with van der Waals surface area (Å²) < 4.78 is 24.8. The van der Waals surface area contributed by atoms with Crippen LogP contribution in [-0.4, -0.2) is 40.0 Å². The zero-order valence-corrected chi connectivity index (χ0v) is 25.2. The van der Waals surface area contributed by atoms with E-state index < -0.39 is 23.4 Å². The van der Waals surface area contributed by atoms with Crippen molar-refractivity contribution in [2.75, 3.05) is 12.0 Å². The van der Waals surface area contributed by atoms with Crippen molar-refractivity contribution in [1.29, 1.82) is 5.26 Å². The largest absolute Gasteiger partial charge is 0.496 e. The summed E-state index contributed by atoms with van der Waals surface area (Å²) in [4.78, 5) is 32.8. The van der Waals surface area contributed by atoms with Crippen LogP contribution >= 0.6 is 22.6 Å². The fourth-order valence-corrected chi connectivity index (χ4v) is 4.97. The zero-order valence-electron chi connectivity index (χ0n) is 23.0. The number of ether oxygens (including phenoxy) is 3. The lowest BCUT2D eigenvalue weighted by Crippen LogP contribution is -2.45. The number of nitriles is 1. The molecule has 4 aromatic rings. The number of fused-ring (bicyclic) bond motifs is 3. The molecule has 0 spiro atoms. The third kappa shape index (κ3) is 5.25. The highest BCUT2D eigenvalue weighted by Gasteiger charge is 2.39. The summed E-state index contributed by atoms with van der Waals surface area (Å²) in [5.41, 5.74) is 0.754. The fourth-order valence-electron chi connectivity index (χ4n) is 4.19. The molecule has 204 valence electrons. The van der Waals surface area contributed by atoms with Crippen molar-refractivity contribution in [2.45, 2.75) is 59.7 Å². The van der Waals surface area contributed by atoms with Gasteiger partial charge in [0.1, 0.15) is 43.3 Å². The molecule has 4 rings (SSSR count). The Morgan fingerprint density at radius 1 is 1.08 bits per heavy atom. The maximum absolute atomic E-state index is 13.7. The number of halogens is 1. The summed E-state index contributed by atoms with van der Waals surface area (Å²) >= 11 is 2.03. The van der Waals surface area contributed by atoms with E-state index in [0.29, 0.717) is 42.7 Å². The molecule has 10 nitrogen and oxygen atoms in total. The average Bonchev–Trinajstić information content (AvgIpc) is 3.39. The van der Waals surface area contributed by atoms with Gasteiger partial charge in [-0.1, -0.05) is 6.07 Å². The summed E-state index contributed by atoms with van der Waals surface area (Å²) in [5.74, 6) is 0.510. The van der Waals surface area contributed by atoms with E-state index in [1.807, 2.05) is 29.5 Å². The maximum atomic E-state index is 13.7. The van der Waals surface area contributed by atoms with Gasteiger partial charge in [-0.3, -0.25) is 4.57 Å². The molecule has 0 fully saturated rings. The van der Waals surface area contributed by atoms with E-state index in [-0.39, 0.29) is 11.4 Å². The standard InChI is InChI=1S/C28H29IN4O6/c1-15-18(10-9-11-19(15)36-8)32-21-20(23(29)31-17-12-13-37-22(17)21)16(14-30)24(32)33(25(34)38-27(2,3)4)26(35)39-28(5,6)7/h9-13H,1-8H3. The monoisotopic (exact) mass is 644 g/mol. The smallest absolute Gasteiger partial charge is 0.425 e. The van der Waals surface area contributed by atoms with Crippen molar-refractivity contribution in [2.24, 2.45) is 0 Å². The highest BCUT2D eigenvalue weighted by Crippen LogP contribution is 2.43. The molecule has 0 N–H and O–H groups in total. The molecule has 0 saturated heterocycles. The number of pyridine rings is 1. The van der Waals surface area contributed by atoms with Gasteiger partial charge in [-0.2, -0.15) is 10.2 Å². The van der Waals surface area contributed by atoms with Crippen molar-refractivity contribution in [3.05, 3.63) is 45.4 Å². The fraction of sp³-hybridized carbons (Fsp3) is 0.357. The molecule has 39 heavy (non-hydrogen) atoms. The van der Waals surface area contributed by atoms with Crippen molar-refractivity contribution < 1.29 is 28.2 Å². The molecule has 0 saturated carbocycles. The van der Waals surface area contributed by atoms with Gasteiger partial charge in [0.05, 0.1) is 24.4 Å². The molecule has 0 aliphatic carbocycles. The van der Waals surface area contributed by atoms with Crippen LogP contribution in [0.5, 0.6) is 5.75 Å². The summed E-state index contributed by atoms with van der Waals surface area (Å²) in [7, 11) is 1.55. The Morgan fingerprint density at radius 3 is 2.23 bits per heavy atom. The minimum absolute atomic E-state index is 0.0270. The van der Waals surface area contributed by atoms with Gasteiger partial charge in [0.15, 0.2) is 11.4 Å². The SMILES string of the molecule is COc1cccc(-n2c(N(C(=O)OC(C)(C)C)C(=O)OC(C)(C)C)c(C#N)c3c(I)nc4ccoc4c32)c1C. The molecule has 11 heteroatoms. The third-order valence-corrected chi connectivity index (χ3v) is 6.40. The first-order valence-electron chi connectivity index (χ1n) is 12.1. The number of hydrogen-bond acceptors (Lipinski definition) is 8. The molecular weight excluding hydrogens is 615 g/mol. The van der Waals surface area contributed by atoms with E-state index in [1.54, 1.807) is 77.5 Å². The van der Waals surface area contributed by atoms with E-state index in [1.165, 1.54) is 6.26 Å². The van der Waals surface area contributed by atoms with Crippen LogP contribution in [0.2, 0.25) is 0 Å². The number of anilines is 1. The number of imide groups is 1. The van der Waals surface area contributed by atoms with Gasteiger partial charge in [0.2, 0.25) is 0 Å². The second kappa shape index (κ2) is 10.1. The van der Waals surface area contributed by atoms with Gasteiger partial charge in [-0.05, 0) is 83.2 Å². The van der Waals surface area contributed by atoms with Gasteiger partial charge in [-0.15, -0.1) is 0 Å². The van der Waals surface area contributed by atoms with E-state index >= 15 is 0 Å². The van der Waals surface area contributed by atoms with E-state index in [4.69, 9.17) is 18.6 Å². The molecule has 3 aromatic heterocycles. The van der Waals surface area contributed by atoms with Crippen molar-refractivity contribution in [3.8, 4) is 17.5 Å². The predicted octanol–water partition coefficient (Wildman–Crippen LogP) is 7.24. The lowest BCUT2D eigenvalue weighted by Gasteiger charge is -2.29. The minimum atomic E-state index is -1.00. The lowest BCUT2D eigenvalue weighted by molar-refractivity contribution is 0.0428. The molecule has 0 unspecified atom stereocenters. The van der Waals surface area contributed by atoms with Crippen LogP contribution in [0, 0.1) is 22.0 Å². The van der Waals surface area contributed by atoms with Gasteiger partial charge >= 0.3 is 12.2 Å². The molecule has 0 aliphatic rings. The van der Waals surface area contributed by atoms with Crippen molar-refractivity contribution in [1.82, 2.24) is 9.55 Å². The van der Waals surface area contributed by atoms with Gasteiger partial charge in [-0.25, -0.2) is 14.6 Å². The zero-order chi connectivity index (χ0) is 28.9. The van der Waals surface area contributed by atoms with Crippen LogP contribution in [-0.2, 0) is 9.47 Å². The lowest BCUT2D eigenvalue weighted by atomic mass is 10.1. The van der Waals surface area contributed by atoms with E-state index in [0.717, 1.165) is 4.90 Å². The molecule has 0 bridgehead atoms. The number of rotatable bonds is 3. The van der Waals surface area contributed by atoms with Gasteiger partial charge in [0.25, 0.3) is 0 Å². The second-order valence-corrected chi connectivity index (χ2v) is 11.8. The normalized spacial score (nSPS) is 11.9. The number of nitrogens with zero attached hydrogens (tertiary/aromatic N) is 4. The molecule has 0 radical (unpaired) electrons. The van der Waals surface area contributed by atoms with Crippen molar-refractivity contribution in [3.63, 3.8) is 0 Å². The Kier molecular flexibility index (Phi) is 7.29. The summed E-state index contributed by atoms with van der Waals surface area (Å²) in [5, 5.41) is 10.9. The topological polar surface area (TPSA) is 120 Å². The second-order valence-electron chi connectivity index (χ2n) is 10.8. The van der Waals surface area contributed by atoms with Gasteiger partial charge in [0, 0.05) is 11.6 Å². The van der Waals surface area contributed by atoms with Crippen LogP contribution in [0.4, 0.5) is 15.4 Å². The number of carbonyl (C=O) groups is 2. The molecule has 1 aromatic carbocycles. The van der Waals surface area contributed by atoms with Crippen molar-refractivity contribution >= 4 is 62.6 Å². The number of hydrogen-bond donors (Lipinski definition) is 0. The maximum Gasteiger partial charge on any atom is 0.425 e. The van der Waals surface area contributed by atoms with E-state index in [2.05, 4.69) is 11.1 Å². The number of amides is 2. The van der Waals surface area contributed by atoms with Crippen LogP contribution < -0.4 is 9.64 Å². The van der Waals surface area contributed by atoms with Gasteiger partial charge < -0.3 is 18.6 Å². The first kappa shape index (κ1) is 28.2. The Labute approximate surface area is 239 Å². The highest BCUT2D eigenvalue weighted by atomic mass is 127. The number of furan rings is 1.